The van der Waals surface area contributed by atoms with E-state index in [4.69, 9.17) is 11.6 Å². The van der Waals surface area contributed by atoms with Crippen LogP contribution in [0.3, 0.4) is 0 Å². The van der Waals surface area contributed by atoms with Crippen molar-refractivity contribution in [3.05, 3.63) is 53.6 Å². The molecule has 9 heteroatoms. The molecule has 2 aromatic carbocycles. The summed E-state index contributed by atoms with van der Waals surface area (Å²) >= 11 is 6.93. The van der Waals surface area contributed by atoms with E-state index in [2.05, 4.69) is 9.71 Å². The van der Waals surface area contributed by atoms with Gasteiger partial charge in [-0.05, 0) is 42.8 Å². The third-order valence-corrected chi connectivity index (χ3v) is 6.43. The molecule has 0 aromatic heterocycles. The Morgan fingerprint density at radius 3 is 2.59 bits per heavy atom. The van der Waals surface area contributed by atoms with Gasteiger partial charge in [-0.1, -0.05) is 42.4 Å². The standard InChI is InChI=1S/C18H18ClN3O3S2/c1-2-11-22-15-5-3-4-6-16(15)27(24,25)21-18(22)26-12-17(23)20-14-9-7-13(19)8-10-14/h3-10H,2,11-12H2,1H3,(H,20,23). The van der Waals surface area contributed by atoms with Crippen LogP contribution in [0.15, 0.2) is 57.8 Å². The first-order valence-corrected chi connectivity index (χ1v) is 11.1. The smallest absolute Gasteiger partial charge is 0.286 e. The normalized spacial score (nSPS) is 15.0. The Balaban J connectivity index is 1.75. The van der Waals surface area contributed by atoms with E-state index < -0.39 is 10.0 Å². The first-order valence-electron chi connectivity index (χ1n) is 8.30. The van der Waals surface area contributed by atoms with Crippen molar-refractivity contribution >= 4 is 55.8 Å². The Bertz CT molecular complexity index is 976. The molecule has 0 atom stereocenters. The van der Waals surface area contributed by atoms with Crippen LogP contribution in [0.4, 0.5) is 11.4 Å². The number of para-hydroxylation sites is 1. The maximum absolute atomic E-state index is 12.5. The lowest BCUT2D eigenvalue weighted by Gasteiger charge is -2.29. The van der Waals surface area contributed by atoms with Gasteiger partial charge in [0.15, 0.2) is 5.17 Å². The number of hydrogen-bond acceptors (Lipinski definition) is 5. The molecule has 1 amide bonds. The summed E-state index contributed by atoms with van der Waals surface area (Å²) in [5, 5.41) is 3.64. The van der Waals surface area contributed by atoms with E-state index in [1.165, 1.54) is 0 Å². The third kappa shape index (κ3) is 4.63. The number of fused-ring (bicyclic) bond motifs is 1. The minimum atomic E-state index is -3.77. The third-order valence-electron chi connectivity index (χ3n) is 3.77. The molecule has 3 rings (SSSR count). The predicted octanol–water partition coefficient (Wildman–Crippen LogP) is 3.99. The Kier molecular flexibility index (Phi) is 6.08. The number of rotatable bonds is 5. The van der Waals surface area contributed by atoms with E-state index in [9.17, 15) is 13.2 Å². The lowest BCUT2D eigenvalue weighted by molar-refractivity contribution is -0.113. The van der Waals surface area contributed by atoms with Crippen LogP contribution in [-0.4, -0.2) is 31.8 Å². The van der Waals surface area contributed by atoms with Gasteiger partial charge in [0.25, 0.3) is 10.0 Å². The van der Waals surface area contributed by atoms with Gasteiger partial charge < -0.3 is 10.2 Å². The molecule has 1 heterocycles. The van der Waals surface area contributed by atoms with Crippen LogP contribution in [0, 0.1) is 0 Å². The van der Waals surface area contributed by atoms with E-state index in [-0.39, 0.29) is 16.6 Å². The van der Waals surface area contributed by atoms with Crippen molar-refractivity contribution < 1.29 is 13.2 Å². The number of benzene rings is 2. The first-order chi connectivity index (χ1) is 12.9. The second-order valence-electron chi connectivity index (χ2n) is 5.81. The van der Waals surface area contributed by atoms with Crippen molar-refractivity contribution in [1.29, 1.82) is 0 Å². The Morgan fingerprint density at radius 1 is 1.19 bits per heavy atom. The first kappa shape index (κ1) is 19.7. The maximum atomic E-state index is 12.5. The molecule has 0 spiro atoms. The Labute approximate surface area is 167 Å². The molecule has 0 unspecified atom stereocenters. The van der Waals surface area contributed by atoms with Crippen molar-refractivity contribution in [2.45, 2.75) is 18.2 Å². The highest BCUT2D eigenvalue weighted by Gasteiger charge is 2.30. The number of amides is 1. The molecule has 27 heavy (non-hydrogen) atoms. The Hall–Kier alpha value is -2.03. The summed E-state index contributed by atoms with van der Waals surface area (Å²) in [6.07, 6.45) is 0.810. The van der Waals surface area contributed by atoms with E-state index in [1.54, 1.807) is 48.5 Å². The molecule has 6 nitrogen and oxygen atoms in total. The molecule has 1 N–H and O–H groups in total. The largest absolute Gasteiger partial charge is 0.325 e. The zero-order chi connectivity index (χ0) is 19.4. The van der Waals surface area contributed by atoms with E-state index in [0.29, 0.717) is 28.1 Å². The number of halogens is 1. The summed E-state index contributed by atoms with van der Waals surface area (Å²) in [4.78, 5) is 14.3. The number of nitrogens with one attached hydrogen (secondary N) is 1. The van der Waals surface area contributed by atoms with Gasteiger partial charge in [-0.3, -0.25) is 4.79 Å². The second kappa shape index (κ2) is 8.33. The number of anilines is 2. The van der Waals surface area contributed by atoms with Crippen LogP contribution in [0.25, 0.3) is 0 Å². The van der Waals surface area contributed by atoms with E-state index in [0.717, 1.165) is 18.2 Å². The highest BCUT2D eigenvalue weighted by atomic mass is 35.5. The second-order valence-corrected chi connectivity index (χ2v) is 8.76. The number of hydrogen-bond donors (Lipinski definition) is 1. The lowest BCUT2D eigenvalue weighted by atomic mass is 10.3. The van der Waals surface area contributed by atoms with Crippen molar-refractivity contribution in [3.63, 3.8) is 0 Å². The van der Waals surface area contributed by atoms with Crippen LogP contribution in [0.5, 0.6) is 0 Å². The molecule has 0 saturated carbocycles. The molecule has 0 fully saturated rings. The van der Waals surface area contributed by atoms with Crippen molar-refractivity contribution in [3.8, 4) is 0 Å². The van der Waals surface area contributed by atoms with Crippen LogP contribution >= 0.6 is 23.4 Å². The van der Waals surface area contributed by atoms with Gasteiger partial charge in [-0.15, -0.1) is 4.40 Å². The van der Waals surface area contributed by atoms with E-state index >= 15 is 0 Å². The molecule has 2 aromatic rings. The van der Waals surface area contributed by atoms with Gasteiger partial charge in [0.1, 0.15) is 4.90 Å². The number of sulfonamides is 1. The molecule has 0 saturated heterocycles. The van der Waals surface area contributed by atoms with Gasteiger partial charge >= 0.3 is 0 Å². The van der Waals surface area contributed by atoms with Gasteiger partial charge in [0.2, 0.25) is 5.91 Å². The molecule has 142 valence electrons. The molecule has 0 bridgehead atoms. The number of amidine groups is 1. The fraction of sp³-hybridized carbons (Fsp3) is 0.222. The molecule has 0 aliphatic carbocycles. The quantitative estimate of drug-likeness (QED) is 0.786. The van der Waals surface area contributed by atoms with Crippen molar-refractivity contribution in [2.24, 2.45) is 4.40 Å². The highest BCUT2D eigenvalue weighted by Crippen LogP contribution is 2.34. The summed E-state index contributed by atoms with van der Waals surface area (Å²) in [5.74, 6) is -0.211. The number of carbonyl (C=O) groups is 1. The average molecular weight is 424 g/mol. The maximum Gasteiger partial charge on any atom is 0.286 e. The van der Waals surface area contributed by atoms with E-state index in [1.807, 2.05) is 11.8 Å². The highest BCUT2D eigenvalue weighted by molar-refractivity contribution is 8.15. The number of carbonyl (C=O) groups excluding carboxylic acids is 1. The zero-order valence-corrected chi connectivity index (χ0v) is 16.9. The summed E-state index contributed by atoms with van der Waals surface area (Å²) < 4.78 is 28.8. The van der Waals surface area contributed by atoms with Crippen LogP contribution in [0.2, 0.25) is 5.02 Å². The van der Waals surface area contributed by atoms with Gasteiger partial charge in [0.05, 0.1) is 11.4 Å². The van der Waals surface area contributed by atoms with Crippen molar-refractivity contribution in [2.75, 3.05) is 22.5 Å². The van der Waals surface area contributed by atoms with Gasteiger partial charge in [-0.2, -0.15) is 8.42 Å². The molecular weight excluding hydrogens is 406 g/mol. The minimum absolute atomic E-state index is 0.0410. The summed E-state index contributed by atoms with van der Waals surface area (Å²) in [6, 6.07) is 13.5. The fourth-order valence-corrected chi connectivity index (χ4v) is 5.01. The van der Waals surface area contributed by atoms with Crippen LogP contribution in [0.1, 0.15) is 13.3 Å². The lowest BCUT2D eigenvalue weighted by Crippen LogP contribution is -2.35. The number of thioether (sulfide) groups is 1. The topological polar surface area (TPSA) is 78.8 Å². The monoisotopic (exact) mass is 423 g/mol. The Morgan fingerprint density at radius 2 is 1.89 bits per heavy atom. The van der Waals surface area contributed by atoms with Crippen molar-refractivity contribution in [1.82, 2.24) is 0 Å². The van der Waals surface area contributed by atoms with Crippen LogP contribution in [-0.2, 0) is 14.8 Å². The summed E-state index contributed by atoms with van der Waals surface area (Å²) in [7, 11) is -3.77. The number of nitrogens with zero attached hydrogens (tertiary/aromatic N) is 2. The molecule has 1 aliphatic heterocycles. The van der Waals surface area contributed by atoms with Gasteiger partial charge in [-0.25, -0.2) is 0 Å². The van der Waals surface area contributed by atoms with Gasteiger partial charge in [0, 0.05) is 17.3 Å². The fourth-order valence-electron chi connectivity index (χ4n) is 2.61. The summed E-state index contributed by atoms with van der Waals surface area (Å²) in [6.45, 7) is 2.61. The SMILES string of the molecule is CCCN1C(SCC(=O)Nc2ccc(Cl)cc2)=NS(=O)(=O)c2ccccc21. The average Bonchev–Trinajstić information content (AvgIpc) is 2.64. The molecular formula is C18H18ClN3O3S2. The molecule has 1 aliphatic rings. The summed E-state index contributed by atoms with van der Waals surface area (Å²) in [5.41, 5.74) is 1.22. The van der Waals surface area contributed by atoms with Crippen LogP contribution < -0.4 is 10.2 Å². The zero-order valence-electron chi connectivity index (χ0n) is 14.6. The predicted molar refractivity (Wildman–Crippen MR) is 111 cm³/mol. The minimum Gasteiger partial charge on any atom is -0.325 e. The molecule has 0 radical (unpaired) electrons.